The van der Waals surface area contributed by atoms with Crippen molar-refractivity contribution in [1.82, 2.24) is 10.1 Å². The molecule has 0 fully saturated rings. The van der Waals surface area contributed by atoms with Gasteiger partial charge in [0.25, 0.3) is 0 Å². The maximum atomic E-state index is 12.2. The third-order valence-electron chi connectivity index (χ3n) is 3.49. The predicted molar refractivity (Wildman–Crippen MR) is 107 cm³/mol. The van der Waals surface area contributed by atoms with E-state index in [9.17, 15) is 4.79 Å². The van der Waals surface area contributed by atoms with Gasteiger partial charge in [0, 0.05) is 10.6 Å². The molecule has 1 heterocycles. The maximum absolute atomic E-state index is 12.2. The highest BCUT2D eigenvalue weighted by molar-refractivity contribution is 7.99. The minimum Gasteiger partial charge on any atom is -0.492 e. The second-order valence-corrected chi connectivity index (χ2v) is 6.91. The van der Waals surface area contributed by atoms with Crippen LogP contribution in [0.25, 0.3) is 11.4 Å². The number of amides is 1. The Bertz CT molecular complexity index is 899. The first-order valence-electron chi connectivity index (χ1n) is 8.33. The minimum absolute atomic E-state index is 0.121. The zero-order valence-electron chi connectivity index (χ0n) is 14.6. The van der Waals surface area contributed by atoms with E-state index in [-0.39, 0.29) is 11.7 Å². The van der Waals surface area contributed by atoms with Crippen LogP contribution in [0.4, 0.5) is 5.69 Å². The van der Waals surface area contributed by atoms with Gasteiger partial charge in [0.2, 0.25) is 17.6 Å². The van der Waals surface area contributed by atoms with Crippen LogP contribution in [0.1, 0.15) is 12.8 Å². The molecule has 0 saturated heterocycles. The van der Waals surface area contributed by atoms with Gasteiger partial charge in [-0.25, -0.2) is 0 Å². The summed E-state index contributed by atoms with van der Waals surface area (Å²) >= 11 is 7.27. The molecule has 0 unspecified atom stereocenters. The molecule has 6 nitrogen and oxygen atoms in total. The molecular formula is C19H18ClN3O3S. The maximum Gasteiger partial charge on any atom is 0.236 e. The molecule has 8 heteroatoms. The molecule has 0 saturated carbocycles. The summed E-state index contributed by atoms with van der Waals surface area (Å²) in [6.07, 6.45) is 0. The van der Waals surface area contributed by atoms with E-state index < -0.39 is 0 Å². The number of nitrogens with one attached hydrogen (secondary N) is 1. The van der Waals surface area contributed by atoms with Crippen molar-refractivity contribution < 1.29 is 14.1 Å². The van der Waals surface area contributed by atoms with Crippen molar-refractivity contribution in [2.45, 2.75) is 12.7 Å². The van der Waals surface area contributed by atoms with Gasteiger partial charge in [-0.2, -0.15) is 4.98 Å². The second kappa shape index (κ2) is 9.43. The average Bonchev–Trinajstić information content (AvgIpc) is 3.13. The number of para-hydroxylation sites is 2. The number of aromatic nitrogens is 2. The molecule has 0 aliphatic heterocycles. The topological polar surface area (TPSA) is 77.2 Å². The van der Waals surface area contributed by atoms with E-state index in [4.69, 9.17) is 20.9 Å². The molecule has 1 aromatic heterocycles. The summed E-state index contributed by atoms with van der Waals surface area (Å²) in [5, 5.41) is 7.46. The third-order valence-corrected chi connectivity index (χ3v) is 4.66. The van der Waals surface area contributed by atoms with E-state index in [1.54, 1.807) is 12.1 Å². The first kappa shape index (κ1) is 19.3. The van der Waals surface area contributed by atoms with E-state index >= 15 is 0 Å². The fourth-order valence-electron chi connectivity index (χ4n) is 2.30. The SMILES string of the molecule is CCOc1ccccc1NC(=O)CSCc1nc(-c2ccc(Cl)cc2)no1. The van der Waals surface area contributed by atoms with Crippen molar-refractivity contribution in [1.29, 1.82) is 0 Å². The van der Waals surface area contributed by atoms with E-state index in [1.807, 2.05) is 43.3 Å². The molecule has 1 amide bonds. The minimum atomic E-state index is -0.121. The van der Waals surface area contributed by atoms with Gasteiger partial charge in [0.15, 0.2) is 0 Å². The normalized spacial score (nSPS) is 10.6. The van der Waals surface area contributed by atoms with Gasteiger partial charge >= 0.3 is 0 Å². The van der Waals surface area contributed by atoms with Gasteiger partial charge in [-0.05, 0) is 43.3 Å². The smallest absolute Gasteiger partial charge is 0.236 e. The lowest BCUT2D eigenvalue weighted by atomic mass is 10.2. The van der Waals surface area contributed by atoms with Crippen LogP contribution >= 0.6 is 23.4 Å². The van der Waals surface area contributed by atoms with Crippen LogP contribution in [0.5, 0.6) is 5.75 Å². The summed E-state index contributed by atoms with van der Waals surface area (Å²) in [7, 11) is 0. The molecule has 0 spiro atoms. The monoisotopic (exact) mass is 403 g/mol. The van der Waals surface area contributed by atoms with Crippen molar-refractivity contribution >= 4 is 35.0 Å². The van der Waals surface area contributed by atoms with Crippen molar-refractivity contribution in [3.05, 3.63) is 59.4 Å². The Morgan fingerprint density at radius 1 is 1.22 bits per heavy atom. The molecule has 140 valence electrons. The fourth-order valence-corrected chi connectivity index (χ4v) is 3.08. The lowest BCUT2D eigenvalue weighted by molar-refractivity contribution is -0.113. The first-order chi connectivity index (χ1) is 13.2. The highest BCUT2D eigenvalue weighted by atomic mass is 35.5. The summed E-state index contributed by atoms with van der Waals surface area (Å²) in [5.41, 5.74) is 1.48. The lowest BCUT2D eigenvalue weighted by Gasteiger charge is -2.10. The van der Waals surface area contributed by atoms with Crippen LogP contribution in [0, 0.1) is 0 Å². The number of benzene rings is 2. The molecule has 1 N–H and O–H groups in total. The molecule has 27 heavy (non-hydrogen) atoms. The Kier molecular flexibility index (Phi) is 6.73. The number of ether oxygens (including phenoxy) is 1. The van der Waals surface area contributed by atoms with Gasteiger partial charge in [-0.3, -0.25) is 4.79 Å². The number of nitrogens with zero attached hydrogens (tertiary/aromatic N) is 2. The molecule has 3 rings (SSSR count). The zero-order valence-corrected chi connectivity index (χ0v) is 16.2. The van der Waals surface area contributed by atoms with Crippen LogP contribution < -0.4 is 10.1 Å². The Morgan fingerprint density at radius 2 is 2.00 bits per heavy atom. The Morgan fingerprint density at radius 3 is 2.78 bits per heavy atom. The Balaban J connectivity index is 1.50. The first-order valence-corrected chi connectivity index (χ1v) is 9.87. The highest BCUT2D eigenvalue weighted by Crippen LogP contribution is 2.24. The summed E-state index contributed by atoms with van der Waals surface area (Å²) in [6, 6.07) is 14.5. The second-order valence-electron chi connectivity index (χ2n) is 5.49. The molecule has 0 aliphatic carbocycles. The van der Waals surface area contributed by atoms with Gasteiger partial charge in [0.05, 0.1) is 23.8 Å². The Hall–Kier alpha value is -2.51. The molecule has 0 bridgehead atoms. The number of carbonyl (C=O) groups is 1. The Labute approximate surface area is 166 Å². The average molecular weight is 404 g/mol. The molecule has 0 aliphatic rings. The summed E-state index contributed by atoms with van der Waals surface area (Å²) < 4.78 is 10.7. The van der Waals surface area contributed by atoms with Gasteiger partial charge in [0.1, 0.15) is 5.75 Å². The highest BCUT2D eigenvalue weighted by Gasteiger charge is 2.11. The van der Waals surface area contributed by atoms with Crippen molar-refractivity contribution in [3.8, 4) is 17.1 Å². The number of thioether (sulfide) groups is 1. The number of halogens is 1. The van der Waals surface area contributed by atoms with E-state index in [1.165, 1.54) is 11.8 Å². The zero-order chi connectivity index (χ0) is 19.1. The van der Waals surface area contributed by atoms with Crippen LogP contribution in [0.2, 0.25) is 5.02 Å². The van der Waals surface area contributed by atoms with Crippen LogP contribution in [-0.4, -0.2) is 28.4 Å². The van der Waals surface area contributed by atoms with Crippen LogP contribution in [0.3, 0.4) is 0 Å². The fraction of sp³-hybridized carbons (Fsp3) is 0.211. The lowest BCUT2D eigenvalue weighted by Crippen LogP contribution is -2.15. The number of rotatable bonds is 8. The van der Waals surface area contributed by atoms with Crippen LogP contribution in [-0.2, 0) is 10.5 Å². The van der Waals surface area contributed by atoms with E-state index in [0.717, 1.165) is 5.56 Å². The quantitative estimate of drug-likeness (QED) is 0.589. The van der Waals surface area contributed by atoms with E-state index in [2.05, 4.69) is 15.5 Å². The van der Waals surface area contributed by atoms with Crippen molar-refractivity contribution in [3.63, 3.8) is 0 Å². The third kappa shape index (κ3) is 5.48. The molecule has 3 aromatic rings. The number of carbonyl (C=O) groups excluding carboxylic acids is 1. The van der Waals surface area contributed by atoms with Crippen molar-refractivity contribution in [2.24, 2.45) is 0 Å². The number of hydrogen-bond acceptors (Lipinski definition) is 6. The molecule has 0 radical (unpaired) electrons. The van der Waals surface area contributed by atoms with Gasteiger partial charge < -0.3 is 14.6 Å². The molecule has 2 aromatic carbocycles. The summed E-state index contributed by atoms with van der Waals surface area (Å²) in [4.78, 5) is 16.5. The number of anilines is 1. The summed E-state index contributed by atoms with van der Waals surface area (Å²) in [6.45, 7) is 2.44. The summed E-state index contributed by atoms with van der Waals surface area (Å²) in [5.74, 6) is 2.21. The standard InChI is InChI=1S/C19H18ClN3O3S/c1-2-25-16-6-4-3-5-15(16)21-17(24)11-27-12-18-22-19(23-26-18)13-7-9-14(20)10-8-13/h3-10H,2,11-12H2,1H3,(H,21,24). The van der Waals surface area contributed by atoms with Crippen LogP contribution in [0.15, 0.2) is 53.1 Å². The van der Waals surface area contributed by atoms with Gasteiger partial charge in [-0.15, -0.1) is 11.8 Å². The molecular weight excluding hydrogens is 386 g/mol. The number of hydrogen-bond donors (Lipinski definition) is 1. The van der Waals surface area contributed by atoms with Gasteiger partial charge in [-0.1, -0.05) is 28.9 Å². The van der Waals surface area contributed by atoms with E-state index in [0.29, 0.717) is 40.5 Å². The molecule has 0 atom stereocenters. The largest absolute Gasteiger partial charge is 0.492 e. The van der Waals surface area contributed by atoms with Crippen molar-refractivity contribution in [2.75, 3.05) is 17.7 Å². The predicted octanol–water partition coefficient (Wildman–Crippen LogP) is 4.66.